The van der Waals surface area contributed by atoms with E-state index in [1.165, 1.54) is 24.3 Å². The van der Waals surface area contributed by atoms with Gasteiger partial charge in [0, 0.05) is 18.2 Å². The van der Waals surface area contributed by atoms with Crippen LogP contribution < -0.4 is 33.2 Å². The molecule has 15 nitrogen and oxygen atoms in total. The maximum Gasteiger partial charge on any atom is 0.287 e. The van der Waals surface area contributed by atoms with E-state index in [2.05, 4.69) is 16.0 Å². The van der Waals surface area contributed by atoms with E-state index in [-0.39, 0.29) is 42.2 Å². The molecule has 0 saturated heterocycles. The SMILES string of the molecule is CCCc1c(C(=O)CN)c(NC(=O)[C@@H](N)CCCNC(=N)N)c(S(=O)(=O)c2ccc(C)cc2)c(C(=O)NC(C)C)c1[N+](=O)[O-]. The summed E-state index contributed by atoms with van der Waals surface area (Å²) in [5.74, 6) is -3.16. The highest BCUT2D eigenvalue weighted by molar-refractivity contribution is 7.91. The fourth-order valence-corrected chi connectivity index (χ4v) is 6.14. The van der Waals surface area contributed by atoms with Gasteiger partial charge in [-0.05, 0) is 52.2 Å². The molecule has 240 valence electrons. The van der Waals surface area contributed by atoms with Crippen molar-refractivity contribution in [1.29, 1.82) is 5.41 Å². The molecule has 44 heavy (non-hydrogen) atoms. The molecule has 2 amide bonds. The molecule has 0 aromatic heterocycles. The van der Waals surface area contributed by atoms with Gasteiger partial charge in [-0.25, -0.2) is 8.42 Å². The first-order valence-corrected chi connectivity index (χ1v) is 15.4. The highest BCUT2D eigenvalue weighted by Gasteiger charge is 2.41. The molecule has 0 bridgehead atoms. The van der Waals surface area contributed by atoms with Crippen LogP contribution in [-0.4, -0.2) is 62.1 Å². The number of hydrogen-bond acceptors (Lipinski definition) is 10. The number of rotatable bonds is 15. The minimum absolute atomic E-state index is 0.0574. The summed E-state index contributed by atoms with van der Waals surface area (Å²) in [6.45, 7) is 6.10. The van der Waals surface area contributed by atoms with E-state index < -0.39 is 78.4 Å². The van der Waals surface area contributed by atoms with Crippen LogP contribution in [-0.2, 0) is 21.1 Å². The van der Waals surface area contributed by atoms with Gasteiger partial charge in [0.1, 0.15) is 10.5 Å². The van der Waals surface area contributed by atoms with E-state index in [1.807, 2.05) is 0 Å². The number of hydrogen-bond donors (Lipinski definition) is 7. The largest absolute Gasteiger partial charge is 0.370 e. The van der Waals surface area contributed by atoms with Crippen LogP contribution in [0, 0.1) is 22.4 Å². The highest BCUT2D eigenvalue weighted by Crippen LogP contribution is 2.43. The molecular formula is C28H40N8O7S. The number of guanidine groups is 1. The smallest absolute Gasteiger partial charge is 0.287 e. The number of carbonyl (C=O) groups is 3. The molecule has 0 aliphatic carbocycles. The van der Waals surface area contributed by atoms with Crippen molar-refractivity contribution in [1.82, 2.24) is 10.6 Å². The van der Waals surface area contributed by atoms with Crippen LogP contribution in [0.25, 0.3) is 0 Å². The molecule has 0 saturated carbocycles. The fourth-order valence-electron chi connectivity index (χ4n) is 4.53. The number of nitrogens with two attached hydrogens (primary N) is 3. The van der Waals surface area contributed by atoms with Crippen molar-refractivity contribution in [3.8, 4) is 0 Å². The Morgan fingerprint density at radius 3 is 2.23 bits per heavy atom. The van der Waals surface area contributed by atoms with Gasteiger partial charge < -0.3 is 33.2 Å². The van der Waals surface area contributed by atoms with Crippen molar-refractivity contribution in [3.05, 3.63) is 56.6 Å². The summed E-state index contributed by atoms with van der Waals surface area (Å²) in [5.41, 5.74) is 14.7. The molecule has 16 heteroatoms. The molecule has 2 aromatic rings. The molecule has 2 aromatic carbocycles. The summed E-state index contributed by atoms with van der Waals surface area (Å²) in [7, 11) is -4.81. The predicted octanol–water partition coefficient (Wildman–Crippen LogP) is 1.50. The van der Waals surface area contributed by atoms with Crippen molar-refractivity contribution in [3.63, 3.8) is 0 Å². The van der Waals surface area contributed by atoms with Gasteiger partial charge in [0.05, 0.1) is 33.7 Å². The zero-order valence-electron chi connectivity index (χ0n) is 25.2. The van der Waals surface area contributed by atoms with Gasteiger partial charge in [0.25, 0.3) is 11.6 Å². The molecule has 1 atom stereocenters. The van der Waals surface area contributed by atoms with Crippen molar-refractivity contribution < 1.29 is 27.7 Å². The average molecular weight is 633 g/mol. The number of sulfone groups is 1. The Balaban J connectivity index is 3.08. The highest BCUT2D eigenvalue weighted by atomic mass is 32.2. The molecule has 0 heterocycles. The first kappa shape index (κ1) is 35.8. The number of nitrogens with zero attached hydrogens (tertiary/aromatic N) is 1. The van der Waals surface area contributed by atoms with Crippen LogP contribution in [0.2, 0.25) is 0 Å². The first-order valence-electron chi connectivity index (χ1n) is 14.0. The third-order valence-electron chi connectivity index (χ3n) is 6.51. The van der Waals surface area contributed by atoms with Crippen LogP contribution in [0.3, 0.4) is 0 Å². The molecule has 0 aliphatic heterocycles. The molecule has 0 spiro atoms. The summed E-state index contributed by atoms with van der Waals surface area (Å²) in [4.78, 5) is 50.9. The van der Waals surface area contributed by atoms with E-state index in [1.54, 1.807) is 27.7 Å². The maximum absolute atomic E-state index is 14.3. The minimum atomic E-state index is -4.81. The topological polar surface area (TPSA) is 266 Å². The second kappa shape index (κ2) is 15.4. The van der Waals surface area contributed by atoms with Crippen molar-refractivity contribution >= 4 is 44.8 Å². The van der Waals surface area contributed by atoms with Gasteiger partial charge in [-0.2, -0.15) is 0 Å². The normalized spacial score (nSPS) is 12.0. The summed E-state index contributed by atoms with van der Waals surface area (Å²) in [6.07, 6.45) is 0.495. The van der Waals surface area contributed by atoms with Crippen molar-refractivity contribution in [2.45, 2.75) is 75.3 Å². The van der Waals surface area contributed by atoms with E-state index in [9.17, 15) is 32.9 Å². The molecule has 2 rings (SSSR count). The van der Waals surface area contributed by atoms with Gasteiger partial charge in [0.2, 0.25) is 15.7 Å². The number of carbonyl (C=O) groups excluding carboxylic acids is 3. The van der Waals surface area contributed by atoms with Crippen molar-refractivity contribution in [2.75, 3.05) is 18.4 Å². The fraction of sp³-hybridized carbons (Fsp3) is 0.429. The number of aryl methyl sites for hydroxylation is 1. The minimum Gasteiger partial charge on any atom is -0.370 e. The Morgan fingerprint density at radius 2 is 1.73 bits per heavy atom. The number of nitro groups is 1. The first-order chi connectivity index (χ1) is 20.6. The summed E-state index contributed by atoms with van der Waals surface area (Å²) in [5, 5.41) is 27.4. The number of Topliss-reactive ketones (excluding diaryl/α,β-unsaturated/α-hetero) is 1. The van der Waals surface area contributed by atoms with Gasteiger partial charge in [0.15, 0.2) is 11.7 Å². The van der Waals surface area contributed by atoms with Gasteiger partial charge >= 0.3 is 0 Å². The lowest BCUT2D eigenvalue weighted by Crippen LogP contribution is -2.39. The molecule has 0 aliphatic rings. The summed E-state index contributed by atoms with van der Waals surface area (Å²) in [6, 6.07) is 3.70. The Labute approximate surface area is 255 Å². The Hall–Kier alpha value is -4.41. The molecule has 0 unspecified atom stereocenters. The number of ketones is 1. The summed E-state index contributed by atoms with van der Waals surface area (Å²) >= 11 is 0. The molecule has 10 N–H and O–H groups in total. The van der Waals surface area contributed by atoms with Crippen LogP contribution in [0.1, 0.15) is 71.9 Å². The summed E-state index contributed by atoms with van der Waals surface area (Å²) < 4.78 is 28.7. The van der Waals surface area contributed by atoms with Gasteiger partial charge in [-0.15, -0.1) is 0 Å². The predicted molar refractivity (Wildman–Crippen MR) is 165 cm³/mol. The Bertz CT molecular complexity index is 1540. The van der Waals surface area contributed by atoms with Gasteiger partial charge in [-0.1, -0.05) is 31.0 Å². The standard InChI is InChI=1S/C28H40N8O7S/c1-5-7-18-21(20(37)14-29)23(35-26(38)19(30)8-6-13-33-28(31)32)25(44(42,43)17-11-9-16(4)10-12-17)22(24(18)36(40)41)27(39)34-15(2)3/h9-12,15,19H,5-8,13-14,29-30H2,1-4H3,(H,34,39)(H,35,38)(H4,31,32,33)/t19-/m0/s1. The number of amides is 2. The number of benzene rings is 2. The zero-order chi connectivity index (χ0) is 33.4. The average Bonchev–Trinajstić information content (AvgIpc) is 2.93. The number of nitro benzene ring substituents is 1. The zero-order valence-corrected chi connectivity index (χ0v) is 26.0. The molecule has 0 fully saturated rings. The monoisotopic (exact) mass is 632 g/mol. The quantitative estimate of drug-likeness (QED) is 0.0369. The van der Waals surface area contributed by atoms with Crippen LogP contribution in [0.5, 0.6) is 0 Å². The lowest BCUT2D eigenvalue weighted by atomic mass is 9.91. The molecular weight excluding hydrogens is 592 g/mol. The van der Waals surface area contributed by atoms with Crippen LogP contribution in [0.15, 0.2) is 34.1 Å². The maximum atomic E-state index is 14.3. The van der Waals surface area contributed by atoms with E-state index in [0.717, 1.165) is 0 Å². The van der Waals surface area contributed by atoms with Crippen LogP contribution >= 0.6 is 0 Å². The number of nitrogens with one attached hydrogen (secondary N) is 4. The van der Waals surface area contributed by atoms with Gasteiger partial charge in [-0.3, -0.25) is 29.9 Å². The van der Waals surface area contributed by atoms with E-state index >= 15 is 0 Å². The van der Waals surface area contributed by atoms with Crippen LogP contribution in [0.4, 0.5) is 11.4 Å². The number of anilines is 1. The third kappa shape index (κ3) is 8.36. The lowest BCUT2D eigenvalue weighted by Gasteiger charge is -2.23. The molecule has 0 radical (unpaired) electrons. The third-order valence-corrected chi connectivity index (χ3v) is 8.35. The Kier molecular flexibility index (Phi) is 12.5. The Morgan fingerprint density at radius 1 is 1.11 bits per heavy atom. The lowest BCUT2D eigenvalue weighted by molar-refractivity contribution is -0.386. The second-order valence-electron chi connectivity index (χ2n) is 10.4. The van der Waals surface area contributed by atoms with E-state index in [4.69, 9.17) is 22.6 Å². The second-order valence-corrected chi connectivity index (χ2v) is 12.3. The van der Waals surface area contributed by atoms with Crippen molar-refractivity contribution in [2.24, 2.45) is 17.2 Å². The van der Waals surface area contributed by atoms with E-state index in [0.29, 0.717) is 12.0 Å².